The molecule has 0 saturated heterocycles. The normalized spacial score (nSPS) is 10.5. The van der Waals surface area contributed by atoms with Crippen molar-refractivity contribution in [2.24, 2.45) is 0 Å². The Balaban J connectivity index is 1.30. The number of carbonyl (C=O) groups excluding carboxylic acids is 2. The minimum absolute atomic E-state index is 0.321. The standard InChI is InChI=1S/C24H19ClN2O4S/c25-21-19-11-4-5-12-20(19)32-22(21)24(29)27-26-23(28)16-7-6-10-18(15-16)31-14-13-30-17-8-2-1-3-9-17/h1-12,15H,13-14H2,(H,26,28)(H,27,29). The lowest BCUT2D eigenvalue weighted by atomic mass is 10.2. The van der Waals surface area contributed by atoms with Gasteiger partial charge in [0.2, 0.25) is 0 Å². The minimum atomic E-state index is -0.477. The number of fused-ring (bicyclic) bond motifs is 1. The van der Waals surface area contributed by atoms with Gasteiger partial charge >= 0.3 is 0 Å². The molecule has 0 aliphatic heterocycles. The molecule has 0 bridgehead atoms. The molecule has 8 heteroatoms. The average molecular weight is 467 g/mol. The zero-order valence-electron chi connectivity index (χ0n) is 16.8. The molecule has 0 spiro atoms. The monoisotopic (exact) mass is 466 g/mol. The molecule has 162 valence electrons. The van der Waals surface area contributed by atoms with Gasteiger partial charge in [0.25, 0.3) is 11.8 Å². The molecule has 4 aromatic rings. The molecule has 0 aliphatic carbocycles. The van der Waals surface area contributed by atoms with Crippen LogP contribution in [0, 0.1) is 0 Å². The molecule has 0 fully saturated rings. The second-order valence-electron chi connectivity index (χ2n) is 6.69. The van der Waals surface area contributed by atoms with Crippen molar-refractivity contribution in [1.29, 1.82) is 0 Å². The van der Waals surface area contributed by atoms with Gasteiger partial charge in [-0.05, 0) is 36.4 Å². The lowest BCUT2D eigenvalue weighted by molar-refractivity contribution is 0.0849. The number of amides is 2. The number of para-hydroxylation sites is 1. The van der Waals surface area contributed by atoms with Crippen LogP contribution in [0.3, 0.4) is 0 Å². The molecule has 32 heavy (non-hydrogen) atoms. The molecule has 3 aromatic carbocycles. The van der Waals surface area contributed by atoms with E-state index in [-0.39, 0.29) is 0 Å². The number of thiophene rings is 1. The fourth-order valence-electron chi connectivity index (χ4n) is 2.97. The quantitative estimate of drug-likeness (QED) is 0.294. The maximum Gasteiger partial charge on any atom is 0.281 e. The zero-order chi connectivity index (χ0) is 22.3. The van der Waals surface area contributed by atoms with Gasteiger partial charge in [-0.1, -0.05) is 54.1 Å². The molecule has 4 rings (SSSR count). The lowest BCUT2D eigenvalue weighted by Crippen LogP contribution is -2.41. The number of hydrogen-bond acceptors (Lipinski definition) is 5. The molecule has 1 aromatic heterocycles. The predicted molar refractivity (Wildman–Crippen MR) is 126 cm³/mol. The van der Waals surface area contributed by atoms with Crippen LogP contribution in [0.5, 0.6) is 11.5 Å². The second-order valence-corrected chi connectivity index (χ2v) is 8.12. The summed E-state index contributed by atoms with van der Waals surface area (Å²) in [7, 11) is 0. The van der Waals surface area contributed by atoms with Crippen LogP contribution in [-0.4, -0.2) is 25.0 Å². The first-order valence-electron chi connectivity index (χ1n) is 9.80. The Morgan fingerprint density at radius 3 is 2.22 bits per heavy atom. The van der Waals surface area contributed by atoms with Crippen LogP contribution in [-0.2, 0) is 0 Å². The third-order valence-electron chi connectivity index (χ3n) is 4.49. The van der Waals surface area contributed by atoms with E-state index < -0.39 is 11.8 Å². The summed E-state index contributed by atoms with van der Waals surface area (Å²) in [4.78, 5) is 25.3. The molecule has 2 amide bonds. The van der Waals surface area contributed by atoms with Crippen molar-refractivity contribution in [2.45, 2.75) is 0 Å². The molecular formula is C24H19ClN2O4S. The number of carbonyl (C=O) groups is 2. The number of benzene rings is 3. The van der Waals surface area contributed by atoms with Gasteiger partial charge in [0.15, 0.2) is 0 Å². The van der Waals surface area contributed by atoms with E-state index in [0.717, 1.165) is 15.8 Å². The fraction of sp³-hybridized carbons (Fsp3) is 0.0833. The van der Waals surface area contributed by atoms with Gasteiger partial charge in [0.1, 0.15) is 29.6 Å². The van der Waals surface area contributed by atoms with Gasteiger partial charge in [-0.15, -0.1) is 11.3 Å². The second kappa shape index (κ2) is 10.2. The SMILES string of the molecule is O=C(NNC(=O)c1sc2ccccc2c1Cl)c1cccc(OCCOc2ccccc2)c1. The van der Waals surface area contributed by atoms with Crippen LogP contribution in [0.25, 0.3) is 10.1 Å². The van der Waals surface area contributed by atoms with Crippen LogP contribution < -0.4 is 20.3 Å². The summed E-state index contributed by atoms with van der Waals surface area (Å²) in [5, 5.41) is 1.17. The molecule has 0 radical (unpaired) electrons. The van der Waals surface area contributed by atoms with Gasteiger partial charge in [-0.3, -0.25) is 20.4 Å². The first kappa shape index (κ1) is 21.7. The summed E-state index contributed by atoms with van der Waals surface area (Å²) in [5.41, 5.74) is 5.17. The number of hydrogen-bond donors (Lipinski definition) is 2. The van der Waals surface area contributed by atoms with Gasteiger partial charge in [-0.25, -0.2) is 0 Å². The smallest absolute Gasteiger partial charge is 0.281 e. The summed E-state index contributed by atoms with van der Waals surface area (Å²) in [5.74, 6) is 0.337. The highest BCUT2D eigenvalue weighted by Gasteiger charge is 2.17. The van der Waals surface area contributed by atoms with Gasteiger partial charge in [-0.2, -0.15) is 0 Å². The lowest BCUT2D eigenvalue weighted by Gasteiger charge is -2.10. The number of nitrogens with one attached hydrogen (secondary N) is 2. The maximum atomic E-state index is 12.5. The van der Waals surface area contributed by atoms with Crippen LogP contribution in [0.1, 0.15) is 20.0 Å². The van der Waals surface area contributed by atoms with E-state index in [9.17, 15) is 9.59 Å². The zero-order valence-corrected chi connectivity index (χ0v) is 18.4. The number of ether oxygens (including phenoxy) is 2. The van der Waals surface area contributed by atoms with Crippen molar-refractivity contribution in [2.75, 3.05) is 13.2 Å². The third kappa shape index (κ3) is 5.19. The Bertz CT molecular complexity index is 1240. The fourth-order valence-corrected chi connectivity index (χ4v) is 4.38. The Morgan fingerprint density at radius 2 is 1.44 bits per heavy atom. The van der Waals surface area contributed by atoms with Gasteiger partial charge < -0.3 is 9.47 Å². The van der Waals surface area contributed by atoms with Gasteiger partial charge in [0, 0.05) is 15.6 Å². The van der Waals surface area contributed by atoms with Crippen LogP contribution in [0.4, 0.5) is 0 Å². The van der Waals surface area contributed by atoms with E-state index >= 15 is 0 Å². The number of rotatable bonds is 7. The molecule has 0 saturated carbocycles. The molecule has 0 atom stereocenters. The largest absolute Gasteiger partial charge is 0.490 e. The first-order valence-corrected chi connectivity index (χ1v) is 11.0. The Labute approximate surface area is 193 Å². The summed E-state index contributed by atoms with van der Waals surface area (Å²) >= 11 is 7.58. The van der Waals surface area contributed by atoms with Crippen molar-refractivity contribution in [3.05, 3.63) is 94.3 Å². The van der Waals surface area contributed by atoms with Gasteiger partial charge in [0.05, 0.1) is 5.02 Å². The summed E-state index contributed by atoms with van der Waals surface area (Å²) in [6.07, 6.45) is 0. The summed E-state index contributed by atoms with van der Waals surface area (Å²) in [6.45, 7) is 0.688. The highest BCUT2D eigenvalue weighted by atomic mass is 35.5. The van der Waals surface area contributed by atoms with Crippen molar-refractivity contribution in [3.63, 3.8) is 0 Å². The predicted octanol–water partition coefficient (Wildman–Crippen LogP) is 5.09. The Kier molecular flexibility index (Phi) is 6.89. The maximum absolute atomic E-state index is 12.5. The third-order valence-corrected chi connectivity index (χ3v) is 6.17. The molecule has 0 aliphatic rings. The van der Waals surface area contributed by atoms with Crippen molar-refractivity contribution in [3.8, 4) is 11.5 Å². The van der Waals surface area contributed by atoms with Crippen LogP contribution in [0.2, 0.25) is 5.02 Å². The summed E-state index contributed by atoms with van der Waals surface area (Å²) in [6, 6.07) is 23.6. The van der Waals surface area contributed by atoms with E-state index in [1.807, 2.05) is 54.6 Å². The van der Waals surface area contributed by atoms with E-state index in [4.69, 9.17) is 21.1 Å². The minimum Gasteiger partial charge on any atom is -0.490 e. The highest BCUT2D eigenvalue weighted by Crippen LogP contribution is 2.34. The molecule has 2 N–H and O–H groups in total. The van der Waals surface area contributed by atoms with Crippen molar-refractivity contribution < 1.29 is 19.1 Å². The van der Waals surface area contributed by atoms with Crippen molar-refractivity contribution >= 4 is 44.8 Å². The van der Waals surface area contributed by atoms with Crippen LogP contribution in [0.15, 0.2) is 78.9 Å². The molecule has 0 unspecified atom stereocenters. The number of halogens is 1. The average Bonchev–Trinajstić information content (AvgIpc) is 3.17. The molecule has 6 nitrogen and oxygen atoms in total. The van der Waals surface area contributed by atoms with E-state index in [1.165, 1.54) is 11.3 Å². The summed E-state index contributed by atoms with van der Waals surface area (Å²) < 4.78 is 12.1. The molecular weight excluding hydrogens is 448 g/mol. The Morgan fingerprint density at radius 1 is 0.781 bits per heavy atom. The Hall–Kier alpha value is -3.55. The molecule has 1 heterocycles. The van der Waals surface area contributed by atoms with E-state index in [2.05, 4.69) is 10.9 Å². The van der Waals surface area contributed by atoms with Crippen molar-refractivity contribution in [1.82, 2.24) is 10.9 Å². The first-order chi connectivity index (χ1) is 15.6. The topological polar surface area (TPSA) is 76.7 Å². The number of hydrazine groups is 1. The van der Waals surface area contributed by atoms with Crippen LogP contribution >= 0.6 is 22.9 Å². The van der Waals surface area contributed by atoms with E-state index in [0.29, 0.717) is 34.4 Å². The highest BCUT2D eigenvalue weighted by molar-refractivity contribution is 7.21. The van der Waals surface area contributed by atoms with E-state index in [1.54, 1.807) is 24.3 Å².